The van der Waals surface area contributed by atoms with Crippen molar-refractivity contribution >= 4 is 23.2 Å². The fourth-order valence-corrected chi connectivity index (χ4v) is 3.11. The summed E-state index contributed by atoms with van der Waals surface area (Å²) in [6, 6.07) is 16.9. The van der Waals surface area contributed by atoms with Crippen molar-refractivity contribution in [2.45, 2.75) is 25.8 Å². The summed E-state index contributed by atoms with van der Waals surface area (Å²) in [6.45, 7) is 1.09. The van der Waals surface area contributed by atoms with Crippen molar-refractivity contribution in [2.24, 2.45) is 0 Å². The third kappa shape index (κ3) is 4.06. The minimum absolute atomic E-state index is 0.136. The number of amides is 2. The van der Waals surface area contributed by atoms with Gasteiger partial charge in [0.25, 0.3) is 0 Å². The SMILES string of the molecule is O=C(CCn1nnc(-c2ccccc2)n1)Nc1ccc(N2CCCC2=O)cc1. The molecule has 2 aromatic carbocycles. The standard InChI is InChI=1S/C20H20N6O2/c27-18(12-14-26-23-20(22-24-26)15-5-2-1-3-6-15)21-16-8-10-17(11-9-16)25-13-4-7-19(25)28/h1-3,5-6,8-11H,4,7,12-14H2,(H,21,27). The van der Waals surface area contributed by atoms with Crippen LogP contribution in [-0.2, 0) is 16.1 Å². The Kier molecular flexibility index (Phi) is 5.09. The van der Waals surface area contributed by atoms with Gasteiger partial charge in [-0.1, -0.05) is 30.3 Å². The normalized spacial score (nSPS) is 13.7. The number of aromatic nitrogens is 4. The van der Waals surface area contributed by atoms with Crippen LogP contribution in [0.5, 0.6) is 0 Å². The monoisotopic (exact) mass is 376 g/mol. The van der Waals surface area contributed by atoms with Crippen molar-refractivity contribution in [3.8, 4) is 11.4 Å². The predicted octanol–water partition coefficient (Wildman–Crippen LogP) is 2.50. The Hall–Kier alpha value is -3.55. The highest BCUT2D eigenvalue weighted by Crippen LogP contribution is 2.23. The van der Waals surface area contributed by atoms with Gasteiger partial charge in [0, 0.05) is 36.3 Å². The molecule has 1 N–H and O–H groups in total. The quantitative estimate of drug-likeness (QED) is 0.713. The molecule has 1 saturated heterocycles. The first-order chi connectivity index (χ1) is 13.7. The Morgan fingerprint density at radius 2 is 1.86 bits per heavy atom. The van der Waals surface area contributed by atoms with Crippen LogP contribution in [0, 0.1) is 0 Å². The van der Waals surface area contributed by atoms with Crippen LogP contribution in [0.1, 0.15) is 19.3 Å². The average molecular weight is 376 g/mol. The van der Waals surface area contributed by atoms with E-state index in [0.29, 0.717) is 24.5 Å². The molecule has 1 fully saturated rings. The molecule has 1 aliphatic rings. The highest BCUT2D eigenvalue weighted by Gasteiger charge is 2.21. The molecular weight excluding hydrogens is 356 g/mol. The fourth-order valence-electron chi connectivity index (χ4n) is 3.11. The van der Waals surface area contributed by atoms with Crippen LogP contribution < -0.4 is 10.2 Å². The molecule has 1 aliphatic heterocycles. The van der Waals surface area contributed by atoms with Gasteiger partial charge < -0.3 is 10.2 Å². The zero-order valence-electron chi connectivity index (χ0n) is 15.3. The van der Waals surface area contributed by atoms with Crippen LogP contribution in [-0.4, -0.2) is 38.6 Å². The molecule has 0 radical (unpaired) electrons. The van der Waals surface area contributed by atoms with Crippen LogP contribution in [0.4, 0.5) is 11.4 Å². The number of nitrogens with zero attached hydrogens (tertiary/aromatic N) is 5. The molecule has 1 aromatic heterocycles. The van der Waals surface area contributed by atoms with Crippen LogP contribution in [0.25, 0.3) is 11.4 Å². The minimum atomic E-state index is -0.136. The Labute approximate surface area is 162 Å². The highest BCUT2D eigenvalue weighted by atomic mass is 16.2. The lowest BCUT2D eigenvalue weighted by atomic mass is 10.2. The zero-order chi connectivity index (χ0) is 19.3. The number of anilines is 2. The molecule has 2 amide bonds. The molecule has 0 bridgehead atoms. The van der Waals surface area contributed by atoms with Crippen LogP contribution in [0.2, 0.25) is 0 Å². The topological polar surface area (TPSA) is 93.0 Å². The van der Waals surface area contributed by atoms with E-state index in [4.69, 9.17) is 0 Å². The number of benzene rings is 2. The summed E-state index contributed by atoms with van der Waals surface area (Å²) in [7, 11) is 0. The fraction of sp³-hybridized carbons (Fsp3) is 0.250. The average Bonchev–Trinajstić information content (AvgIpc) is 3.37. The third-order valence-corrected chi connectivity index (χ3v) is 4.56. The van der Waals surface area contributed by atoms with E-state index in [0.717, 1.165) is 24.2 Å². The van der Waals surface area contributed by atoms with E-state index in [9.17, 15) is 9.59 Å². The summed E-state index contributed by atoms with van der Waals surface area (Å²) in [5.74, 6) is 0.545. The van der Waals surface area contributed by atoms with Gasteiger partial charge in [0.15, 0.2) is 0 Å². The molecule has 28 heavy (non-hydrogen) atoms. The van der Waals surface area contributed by atoms with Crippen LogP contribution >= 0.6 is 0 Å². The highest BCUT2D eigenvalue weighted by molar-refractivity contribution is 5.96. The maximum Gasteiger partial charge on any atom is 0.227 e. The van der Waals surface area contributed by atoms with Gasteiger partial charge in [0.05, 0.1) is 6.54 Å². The van der Waals surface area contributed by atoms with Crippen molar-refractivity contribution in [3.63, 3.8) is 0 Å². The summed E-state index contributed by atoms with van der Waals surface area (Å²) >= 11 is 0. The van der Waals surface area contributed by atoms with Crippen molar-refractivity contribution in [3.05, 3.63) is 54.6 Å². The van der Waals surface area contributed by atoms with Gasteiger partial charge in [-0.25, -0.2) is 0 Å². The molecule has 0 unspecified atom stereocenters. The number of tetrazole rings is 1. The summed E-state index contributed by atoms with van der Waals surface area (Å²) in [5.41, 5.74) is 2.44. The molecule has 142 valence electrons. The molecule has 0 spiro atoms. The number of nitrogens with one attached hydrogen (secondary N) is 1. The first-order valence-electron chi connectivity index (χ1n) is 9.22. The van der Waals surface area contributed by atoms with E-state index in [2.05, 4.69) is 20.7 Å². The molecule has 0 aliphatic carbocycles. The number of rotatable bonds is 6. The lowest BCUT2D eigenvalue weighted by Crippen LogP contribution is -2.23. The van der Waals surface area contributed by atoms with E-state index >= 15 is 0 Å². The number of hydrogen-bond acceptors (Lipinski definition) is 5. The van der Waals surface area contributed by atoms with Gasteiger partial charge in [-0.2, -0.15) is 4.80 Å². The minimum Gasteiger partial charge on any atom is -0.326 e. The second-order valence-electron chi connectivity index (χ2n) is 6.57. The first-order valence-corrected chi connectivity index (χ1v) is 9.22. The van der Waals surface area contributed by atoms with Crippen LogP contribution in [0.3, 0.4) is 0 Å². The van der Waals surface area contributed by atoms with Gasteiger partial charge in [-0.3, -0.25) is 9.59 Å². The molecule has 2 heterocycles. The van der Waals surface area contributed by atoms with E-state index < -0.39 is 0 Å². The first kappa shape index (κ1) is 17.8. The molecule has 4 rings (SSSR count). The number of carbonyl (C=O) groups is 2. The van der Waals surface area contributed by atoms with E-state index in [1.807, 2.05) is 42.5 Å². The lowest BCUT2D eigenvalue weighted by Gasteiger charge is -2.16. The maximum atomic E-state index is 12.2. The Morgan fingerprint density at radius 3 is 2.57 bits per heavy atom. The van der Waals surface area contributed by atoms with Crippen molar-refractivity contribution in [2.75, 3.05) is 16.8 Å². The van der Waals surface area contributed by atoms with Gasteiger partial charge in [-0.05, 0) is 35.9 Å². The van der Waals surface area contributed by atoms with Crippen LogP contribution in [0.15, 0.2) is 54.6 Å². The van der Waals surface area contributed by atoms with Crippen molar-refractivity contribution in [1.82, 2.24) is 20.2 Å². The number of carbonyl (C=O) groups excluding carboxylic acids is 2. The largest absolute Gasteiger partial charge is 0.326 e. The third-order valence-electron chi connectivity index (χ3n) is 4.56. The van der Waals surface area contributed by atoms with Gasteiger partial charge in [0.1, 0.15) is 0 Å². The van der Waals surface area contributed by atoms with E-state index in [1.165, 1.54) is 4.80 Å². The summed E-state index contributed by atoms with van der Waals surface area (Å²) in [4.78, 5) is 27.2. The summed E-state index contributed by atoms with van der Waals surface area (Å²) in [5, 5.41) is 15.2. The van der Waals surface area contributed by atoms with E-state index in [-0.39, 0.29) is 18.2 Å². The molecule has 0 saturated carbocycles. The molecule has 8 nitrogen and oxygen atoms in total. The second-order valence-corrected chi connectivity index (χ2v) is 6.57. The Morgan fingerprint density at radius 1 is 1.07 bits per heavy atom. The number of aryl methyl sites for hydroxylation is 1. The Balaban J connectivity index is 1.30. The lowest BCUT2D eigenvalue weighted by molar-refractivity contribution is -0.117. The second kappa shape index (κ2) is 7.99. The van der Waals surface area contributed by atoms with Crippen molar-refractivity contribution in [1.29, 1.82) is 0 Å². The maximum absolute atomic E-state index is 12.2. The molecule has 8 heteroatoms. The molecule has 0 atom stereocenters. The summed E-state index contributed by atoms with van der Waals surface area (Å²) in [6.07, 6.45) is 1.72. The van der Waals surface area contributed by atoms with Gasteiger partial charge in [0.2, 0.25) is 17.6 Å². The Bertz CT molecular complexity index is 968. The van der Waals surface area contributed by atoms with Gasteiger partial charge in [-0.15, -0.1) is 10.2 Å². The zero-order valence-corrected chi connectivity index (χ0v) is 15.3. The molecular formula is C20H20N6O2. The van der Waals surface area contributed by atoms with E-state index in [1.54, 1.807) is 17.0 Å². The predicted molar refractivity (Wildman–Crippen MR) is 105 cm³/mol. The smallest absolute Gasteiger partial charge is 0.227 e. The summed E-state index contributed by atoms with van der Waals surface area (Å²) < 4.78 is 0. The number of hydrogen-bond donors (Lipinski definition) is 1. The van der Waals surface area contributed by atoms with Crippen molar-refractivity contribution < 1.29 is 9.59 Å². The van der Waals surface area contributed by atoms with Gasteiger partial charge >= 0.3 is 0 Å². The molecule has 3 aromatic rings.